The molecule has 0 aromatic heterocycles. The number of esters is 1. The molecule has 2 heterocycles. The highest BCUT2D eigenvalue weighted by atomic mass is 16.7. The number of rotatable bonds is 10. The number of nitro groups is 1. The van der Waals surface area contributed by atoms with E-state index in [0.717, 1.165) is 16.8 Å². The third-order valence-electron chi connectivity index (χ3n) is 9.35. The number of carbonyl (C=O) groups excluding carboxylic acids is 2. The van der Waals surface area contributed by atoms with Crippen LogP contribution in [0, 0.1) is 22.0 Å². The van der Waals surface area contributed by atoms with Gasteiger partial charge in [-0.25, -0.2) is 0 Å². The van der Waals surface area contributed by atoms with E-state index in [1.807, 2.05) is 24.3 Å². The molecule has 13 nitrogen and oxygen atoms in total. The molecule has 1 saturated heterocycles. The fourth-order valence-electron chi connectivity index (χ4n) is 7.04. The highest BCUT2D eigenvalue weighted by Crippen LogP contribution is 2.56. The molecule has 1 aliphatic carbocycles. The number of nitrogens with zero attached hydrogens (tertiary/aromatic N) is 1. The predicted octanol–water partition coefficient (Wildman–Crippen LogP) is 5.71. The summed E-state index contributed by atoms with van der Waals surface area (Å²) in [5.74, 6) is -0.493. The first kappa shape index (κ1) is 31.6. The summed E-state index contributed by atoms with van der Waals surface area (Å²) in [4.78, 5) is 37.0. The Labute approximate surface area is 280 Å². The lowest BCUT2D eigenvalue weighted by molar-refractivity contribution is -0.385. The Morgan fingerprint density at radius 2 is 1.59 bits per heavy atom. The number of methoxy groups -OCH3 is 2. The first-order chi connectivity index (χ1) is 23.7. The summed E-state index contributed by atoms with van der Waals surface area (Å²) in [7, 11) is 2.90. The molecule has 0 saturated carbocycles. The monoisotopic (exact) mass is 667 g/mol. The zero-order valence-electron chi connectivity index (χ0n) is 26.6. The highest BCUT2D eigenvalue weighted by Gasteiger charge is 2.52. The largest absolute Gasteiger partial charge is 0.502 e. The summed E-state index contributed by atoms with van der Waals surface area (Å²) in [5, 5.41) is 28.4. The molecule has 0 bridgehead atoms. The van der Waals surface area contributed by atoms with E-state index in [0.29, 0.717) is 28.3 Å². The maximum Gasteiger partial charge on any atom is 0.310 e. The van der Waals surface area contributed by atoms with Crippen LogP contribution in [0.2, 0.25) is 0 Å². The number of benzene rings is 4. The summed E-state index contributed by atoms with van der Waals surface area (Å²) in [6.45, 7) is 0.262. The summed E-state index contributed by atoms with van der Waals surface area (Å²) < 4.78 is 28.1. The first-order valence-electron chi connectivity index (χ1n) is 15.7. The summed E-state index contributed by atoms with van der Waals surface area (Å²) >= 11 is 0. The standard InChI is InChI=1S/C36H33N3O10/c1-45-29-13-20(14-30(46-2)35(29)41)32-23-15-27-28(49-18-48-27)16-24(23)34(25-17-47-36(42)33(25)32)38-22-10-8-21(9-11-22)37-31(40)12-7-19-5-3-4-6-26(19)39(43)44/h3-6,8-11,13-16,25,32-34,38,41H,7,12,17-18H2,1-2H3,(H,37,40)/t25-,32+,33-,34+/m0/s1. The molecule has 3 N–H and O–H groups in total. The molecule has 2 aliphatic heterocycles. The third kappa shape index (κ3) is 5.88. The maximum atomic E-state index is 13.5. The number of nitrogens with one attached hydrogen (secondary N) is 2. The van der Waals surface area contributed by atoms with Crippen molar-refractivity contribution in [2.45, 2.75) is 24.8 Å². The predicted molar refractivity (Wildman–Crippen MR) is 176 cm³/mol. The van der Waals surface area contributed by atoms with Crippen LogP contribution in [0.3, 0.4) is 0 Å². The maximum absolute atomic E-state index is 13.5. The van der Waals surface area contributed by atoms with Gasteiger partial charge in [0.2, 0.25) is 18.4 Å². The van der Waals surface area contributed by atoms with Crippen LogP contribution in [0.4, 0.5) is 17.1 Å². The minimum Gasteiger partial charge on any atom is -0.502 e. The SMILES string of the molecule is COc1cc([C@@H]2c3cc4c(cc3[C@@H](Nc3ccc(NC(=O)CCc5ccccc5[N+](=O)[O-])cc3)[C@H]3COC(=O)[C@H]23)OCO4)cc(OC)c1O. The number of anilines is 2. The number of phenols is 1. The van der Waals surface area contributed by atoms with Crippen LogP contribution in [0.15, 0.2) is 72.8 Å². The topological polar surface area (TPSA) is 168 Å². The van der Waals surface area contributed by atoms with Gasteiger partial charge in [0.1, 0.15) is 0 Å². The van der Waals surface area contributed by atoms with Crippen molar-refractivity contribution in [3.63, 3.8) is 0 Å². The van der Waals surface area contributed by atoms with Crippen molar-refractivity contribution in [2.75, 3.05) is 38.3 Å². The van der Waals surface area contributed by atoms with Gasteiger partial charge in [-0.15, -0.1) is 0 Å². The Morgan fingerprint density at radius 1 is 0.939 bits per heavy atom. The molecule has 252 valence electrons. The van der Waals surface area contributed by atoms with E-state index in [2.05, 4.69) is 10.6 Å². The van der Waals surface area contributed by atoms with Gasteiger partial charge in [-0.05, 0) is 71.6 Å². The quantitative estimate of drug-likeness (QED) is 0.108. The van der Waals surface area contributed by atoms with Gasteiger partial charge in [0.15, 0.2) is 23.0 Å². The molecule has 4 aromatic rings. The zero-order chi connectivity index (χ0) is 34.2. The average Bonchev–Trinajstić information content (AvgIpc) is 3.73. The number of nitro benzene ring substituents is 1. The Kier molecular flexibility index (Phi) is 8.33. The molecular weight excluding hydrogens is 634 g/mol. The molecule has 4 aromatic carbocycles. The van der Waals surface area contributed by atoms with Crippen LogP contribution in [0.25, 0.3) is 0 Å². The number of aryl methyl sites for hydroxylation is 1. The van der Waals surface area contributed by atoms with Crippen LogP contribution in [-0.2, 0) is 20.7 Å². The van der Waals surface area contributed by atoms with Crippen LogP contribution >= 0.6 is 0 Å². The van der Waals surface area contributed by atoms with Gasteiger partial charge in [-0.2, -0.15) is 0 Å². The van der Waals surface area contributed by atoms with Gasteiger partial charge < -0.3 is 39.4 Å². The molecule has 1 amide bonds. The minimum absolute atomic E-state index is 0.00972. The van der Waals surface area contributed by atoms with Crippen molar-refractivity contribution in [1.29, 1.82) is 0 Å². The molecular formula is C36H33N3O10. The fraction of sp³-hybridized carbons (Fsp3) is 0.278. The molecule has 4 atom stereocenters. The van der Waals surface area contributed by atoms with Gasteiger partial charge in [0.25, 0.3) is 5.69 Å². The van der Waals surface area contributed by atoms with Crippen LogP contribution < -0.4 is 29.6 Å². The van der Waals surface area contributed by atoms with Gasteiger partial charge in [-0.3, -0.25) is 19.7 Å². The lowest BCUT2D eigenvalue weighted by atomic mass is 9.65. The Morgan fingerprint density at radius 3 is 2.27 bits per heavy atom. The van der Waals surface area contributed by atoms with Crippen molar-refractivity contribution >= 4 is 28.9 Å². The number of amides is 1. The fourth-order valence-corrected chi connectivity index (χ4v) is 7.04. The second-order valence-electron chi connectivity index (χ2n) is 12.0. The van der Waals surface area contributed by atoms with Crippen molar-refractivity contribution < 1.29 is 43.3 Å². The third-order valence-corrected chi connectivity index (χ3v) is 9.35. The number of hydrogen-bond donors (Lipinski definition) is 3. The first-order valence-corrected chi connectivity index (χ1v) is 15.7. The van der Waals surface area contributed by atoms with Crippen LogP contribution in [-0.4, -0.2) is 49.5 Å². The Balaban J connectivity index is 1.16. The summed E-state index contributed by atoms with van der Waals surface area (Å²) in [6, 6.07) is 20.5. The van der Waals surface area contributed by atoms with Gasteiger partial charge in [0.05, 0.1) is 37.7 Å². The van der Waals surface area contributed by atoms with Gasteiger partial charge >= 0.3 is 5.97 Å². The normalized spacial score (nSPS) is 20.1. The number of carbonyl (C=O) groups is 2. The molecule has 1 fully saturated rings. The molecule has 0 unspecified atom stereocenters. The van der Waals surface area contributed by atoms with E-state index in [-0.39, 0.29) is 73.0 Å². The highest BCUT2D eigenvalue weighted by molar-refractivity contribution is 5.91. The summed E-state index contributed by atoms with van der Waals surface area (Å²) in [6.07, 6.45) is 0.313. The lowest BCUT2D eigenvalue weighted by Crippen LogP contribution is -2.37. The lowest BCUT2D eigenvalue weighted by Gasteiger charge is -2.40. The average molecular weight is 668 g/mol. The molecule has 7 rings (SSSR count). The van der Waals surface area contributed by atoms with E-state index in [1.54, 1.807) is 42.5 Å². The van der Waals surface area contributed by atoms with Crippen molar-refractivity contribution in [3.8, 4) is 28.7 Å². The van der Waals surface area contributed by atoms with E-state index < -0.39 is 16.8 Å². The number of fused-ring (bicyclic) bond motifs is 3. The van der Waals surface area contributed by atoms with Crippen molar-refractivity contribution in [2.24, 2.45) is 11.8 Å². The molecule has 13 heteroatoms. The zero-order valence-corrected chi connectivity index (χ0v) is 26.6. The van der Waals surface area contributed by atoms with Crippen molar-refractivity contribution in [1.82, 2.24) is 0 Å². The number of para-hydroxylation sites is 1. The smallest absolute Gasteiger partial charge is 0.310 e. The van der Waals surface area contributed by atoms with Crippen LogP contribution in [0.5, 0.6) is 28.7 Å². The van der Waals surface area contributed by atoms with Gasteiger partial charge in [0, 0.05) is 41.3 Å². The van der Waals surface area contributed by atoms with Crippen LogP contribution in [0.1, 0.15) is 40.6 Å². The van der Waals surface area contributed by atoms with E-state index in [9.17, 15) is 24.8 Å². The van der Waals surface area contributed by atoms with E-state index in [1.165, 1.54) is 20.3 Å². The molecule has 3 aliphatic rings. The Bertz CT molecular complexity index is 1920. The molecule has 49 heavy (non-hydrogen) atoms. The van der Waals surface area contributed by atoms with E-state index in [4.69, 9.17) is 23.7 Å². The molecule has 0 spiro atoms. The second-order valence-corrected chi connectivity index (χ2v) is 12.0. The van der Waals surface area contributed by atoms with E-state index >= 15 is 0 Å². The Hall–Kier alpha value is -5.98. The number of aromatic hydroxyl groups is 1. The summed E-state index contributed by atoms with van der Waals surface area (Å²) in [5.41, 5.74) is 4.24. The minimum atomic E-state index is -0.580. The number of cyclic esters (lactones) is 1. The second kappa shape index (κ2) is 12.9. The number of ether oxygens (including phenoxy) is 5. The number of hydrogen-bond acceptors (Lipinski definition) is 11. The van der Waals surface area contributed by atoms with Crippen molar-refractivity contribution in [3.05, 3.63) is 105 Å². The van der Waals surface area contributed by atoms with Gasteiger partial charge in [-0.1, -0.05) is 18.2 Å². The number of phenolic OH excluding ortho intramolecular Hbond substituents is 1. The molecule has 0 radical (unpaired) electrons.